The van der Waals surface area contributed by atoms with Gasteiger partial charge in [0.2, 0.25) is 5.82 Å². The molecule has 1 aliphatic rings. The van der Waals surface area contributed by atoms with Crippen LogP contribution in [0.25, 0.3) is 0 Å². The number of furan rings is 1. The molecular weight excluding hydrogens is 396 g/mol. The maximum Gasteiger partial charge on any atom is 0.289 e. The number of tetrazole rings is 1. The molecule has 2 aromatic heterocycles. The third kappa shape index (κ3) is 4.32. The lowest BCUT2D eigenvalue weighted by molar-refractivity contribution is -0.930. The molecule has 0 radical (unpaired) electrons. The molecule has 1 atom stereocenters. The molecule has 164 valence electrons. The lowest BCUT2D eigenvalue weighted by Gasteiger charge is -2.36. The zero-order chi connectivity index (χ0) is 22.0. The molecule has 31 heavy (non-hydrogen) atoms. The van der Waals surface area contributed by atoms with Crippen LogP contribution in [0, 0.1) is 0 Å². The zero-order valence-electron chi connectivity index (χ0n) is 18.4. The Hall–Kier alpha value is -3.20. The van der Waals surface area contributed by atoms with Crippen molar-refractivity contribution in [2.75, 3.05) is 33.3 Å². The molecule has 3 heterocycles. The molecule has 1 amide bonds. The van der Waals surface area contributed by atoms with Crippen molar-refractivity contribution in [3.05, 3.63) is 59.8 Å². The van der Waals surface area contributed by atoms with Gasteiger partial charge in [-0.25, -0.2) is 4.68 Å². The second-order valence-electron chi connectivity index (χ2n) is 8.75. The summed E-state index contributed by atoms with van der Waals surface area (Å²) in [5.41, 5.74) is 0.863. The topological polar surface area (TPSA) is 90.7 Å². The Morgan fingerprint density at radius 3 is 2.45 bits per heavy atom. The minimum atomic E-state index is -0.250. The average molecular weight is 426 g/mol. The van der Waals surface area contributed by atoms with E-state index in [9.17, 15) is 4.79 Å². The summed E-state index contributed by atoms with van der Waals surface area (Å²) in [5.74, 6) is 1.94. The number of carbonyl (C=O) groups excluding carboxylic acids is 1. The number of ether oxygens (including phenoxy) is 1. The first-order chi connectivity index (χ1) is 14.9. The third-order valence-corrected chi connectivity index (χ3v) is 5.67. The fourth-order valence-electron chi connectivity index (χ4n) is 4.06. The van der Waals surface area contributed by atoms with Crippen molar-refractivity contribution < 1.29 is 18.8 Å². The number of amides is 1. The van der Waals surface area contributed by atoms with E-state index in [1.807, 2.05) is 21.7 Å². The van der Waals surface area contributed by atoms with E-state index in [1.165, 1.54) is 11.2 Å². The van der Waals surface area contributed by atoms with Crippen LogP contribution in [-0.4, -0.2) is 64.3 Å². The zero-order valence-corrected chi connectivity index (χ0v) is 18.4. The van der Waals surface area contributed by atoms with E-state index in [0.29, 0.717) is 18.8 Å². The quantitative estimate of drug-likeness (QED) is 0.660. The van der Waals surface area contributed by atoms with Gasteiger partial charge in [0.1, 0.15) is 5.75 Å². The lowest BCUT2D eigenvalue weighted by Crippen LogP contribution is -3.15. The lowest BCUT2D eigenvalue weighted by atomic mass is 10.0. The number of carbonyl (C=O) groups is 1. The van der Waals surface area contributed by atoms with Crippen molar-refractivity contribution in [1.29, 1.82) is 0 Å². The largest absolute Gasteiger partial charge is 0.497 e. The number of piperazine rings is 1. The van der Waals surface area contributed by atoms with Crippen LogP contribution in [0.2, 0.25) is 0 Å². The van der Waals surface area contributed by atoms with Crippen molar-refractivity contribution in [3.63, 3.8) is 0 Å². The van der Waals surface area contributed by atoms with Gasteiger partial charge in [0, 0.05) is 5.56 Å². The van der Waals surface area contributed by atoms with Gasteiger partial charge < -0.3 is 19.0 Å². The number of nitrogens with zero attached hydrogens (tertiary/aromatic N) is 5. The van der Waals surface area contributed by atoms with Gasteiger partial charge in [-0.1, -0.05) is 0 Å². The van der Waals surface area contributed by atoms with Crippen LogP contribution in [-0.2, 0) is 5.54 Å². The van der Waals surface area contributed by atoms with E-state index in [0.717, 1.165) is 30.2 Å². The van der Waals surface area contributed by atoms with E-state index < -0.39 is 0 Å². The van der Waals surface area contributed by atoms with Crippen LogP contribution in [0.3, 0.4) is 0 Å². The number of aromatic nitrogens is 4. The molecule has 0 spiro atoms. The second kappa shape index (κ2) is 8.50. The van der Waals surface area contributed by atoms with Gasteiger partial charge in [0.05, 0.1) is 45.1 Å². The van der Waals surface area contributed by atoms with E-state index in [1.54, 1.807) is 19.2 Å². The Balaban J connectivity index is 1.61. The highest BCUT2D eigenvalue weighted by molar-refractivity contribution is 5.91. The van der Waals surface area contributed by atoms with E-state index >= 15 is 0 Å². The Morgan fingerprint density at radius 1 is 1.16 bits per heavy atom. The number of hydrogen-bond acceptors (Lipinski definition) is 6. The van der Waals surface area contributed by atoms with Crippen molar-refractivity contribution in [2.24, 2.45) is 0 Å². The molecule has 0 unspecified atom stereocenters. The van der Waals surface area contributed by atoms with Crippen molar-refractivity contribution >= 4 is 5.91 Å². The fourth-order valence-corrected chi connectivity index (χ4v) is 4.06. The normalized spacial score (nSPS) is 16.3. The molecule has 0 aliphatic carbocycles. The molecule has 3 aromatic rings. The summed E-state index contributed by atoms with van der Waals surface area (Å²) in [4.78, 5) is 15.8. The molecule has 0 bridgehead atoms. The van der Waals surface area contributed by atoms with Gasteiger partial charge in [-0.3, -0.25) is 4.79 Å². The molecule has 9 nitrogen and oxygen atoms in total. The van der Waals surface area contributed by atoms with Gasteiger partial charge in [0.15, 0.2) is 11.8 Å². The maximum absolute atomic E-state index is 12.7. The number of methoxy groups -OCH3 is 1. The molecule has 1 aromatic carbocycles. The summed E-state index contributed by atoms with van der Waals surface area (Å²) in [6, 6.07) is 11.4. The van der Waals surface area contributed by atoms with Crippen LogP contribution in [0.15, 0.2) is 47.1 Å². The van der Waals surface area contributed by atoms with E-state index in [-0.39, 0.29) is 17.5 Å². The Kier molecular flexibility index (Phi) is 5.77. The Bertz CT molecular complexity index is 999. The summed E-state index contributed by atoms with van der Waals surface area (Å²) in [7, 11) is 1.66. The van der Waals surface area contributed by atoms with Gasteiger partial charge >= 0.3 is 0 Å². The molecule has 1 fully saturated rings. The minimum absolute atomic E-state index is 0.0546. The highest BCUT2D eigenvalue weighted by atomic mass is 16.5. The van der Waals surface area contributed by atoms with Crippen LogP contribution in [0.4, 0.5) is 0 Å². The van der Waals surface area contributed by atoms with Crippen LogP contribution < -0.4 is 9.64 Å². The van der Waals surface area contributed by atoms with E-state index in [4.69, 9.17) is 9.15 Å². The summed E-state index contributed by atoms with van der Waals surface area (Å²) in [6.45, 7) is 9.10. The van der Waals surface area contributed by atoms with Crippen LogP contribution >= 0.6 is 0 Å². The van der Waals surface area contributed by atoms with Gasteiger partial charge in [-0.05, 0) is 67.6 Å². The predicted molar refractivity (Wildman–Crippen MR) is 113 cm³/mol. The SMILES string of the molecule is COc1ccc([C@H](c2nnnn2C(C)(C)C)[NH+]2CCN(C(=O)c3ccco3)CC2)cc1. The summed E-state index contributed by atoms with van der Waals surface area (Å²) < 4.78 is 12.5. The number of quaternary nitrogens is 1. The van der Waals surface area contributed by atoms with E-state index in [2.05, 4.69) is 48.4 Å². The van der Waals surface area contributed by atoms with Crippen molar-refractivity contribution in [1.82, 2.24) is 25.1 Å². The number of hydrogen-bond donors (Lipinski definition) is 1. The van der Waals surface area contributed by atoms with Gasteiger partial charge in [-0.15, -0.1) is 5.10 Å². The number of nitrogens with one attached hydrogen (secondary N) is 1. The summed E-state index contributed by atoms with van der Waals surface area (Å²) in [6.07, 6.45) is 1.53. The molecular formula is C22H29N6O3+. The van der Waals surface area contributed by atoms with Gasteiger partial charge in [0.25, 0.3) is 5.91 Å². The number of rotatable bonds is 5. The van der Waals surface area contributed by atoms with Crippen molar-refractivity contribution in [2.45, 2.75) is 32.4 Å². The van der Waals surface area contributed by atoms with Crippen LogP contribution in [0.1, 0.15) is 48.8 Å². The molecule has 0 saturated carbocycles. The minimum Gasteiger partial charge on any atom is -0.497 e. The monoisotopic (exact) mass is 425 g/mol. The first kappa shape index (κ1) is 21.0. The maximum atomic E-state index is 12.7. The Labute approximate surface area is 181 Å². The molecule has 4 rings (SSSR count). The standard InChI is InChI=1S/C22H28N6O3/c1-22(2,3)28-20(23-24-25-28)19(16-7-9-17(30-4)10-8-16)26-11-13-27(14-12-26)21(29)18-6-5-15-31-18/h5-10,15,19H,11-14H2,1-4H3/p+1/t19-/m1/s1. The Morgan fingerprint density at radius 2 is 1.87 bits per heavy atom. The van der Waals surface area contributed by atoms with Crippen LogP contribution in [0.5, 0.6) is 5.75 Å². The highest BCUT2D eigenvalue weighted by Crippen LogP contribution is 2.24. The predicted octanol–water partition coefficient (Wildman–Crippen LogP) is 1.16. The smallest absolute Gasteiger partial charge is 0.289 e. The molecule has 9 heteroatoms. The van der Waals surface area contributed by atoms with Gasteiger partial charge in [-0.2, -0.15) is 0 Å². The first-order valence-electron chi connectivity index (χ1n) is 10.5. The molecule has 1 aliphatic heterocycles. The highest BCUT2D eigenvalue weighted by Gasteiger charge is 2.37. The fraction of sp³-hybridized carbons (Fsp3) is 0.455. The molecule has 1 N–H and O–H groups in total. The second-order valence-corrected chi connectivity index (χ2v) is 8.75. The number of benzene rings is 1. The average Bonchev–Trinajstić information content (AvgIpc) is 3.47. The summed E-state index contributed by atoms with van der Waals surface area (Å²) in [5, 5.41) is 12.7. The molecule has 1 saturated heterocycles. The van der Waals surface area contributed by atoms with Crippen molar-refractivity contribution in [3.8, 4) is 5.75 Å². The third-order valence-electron chi connectivity index (χ3n) is 5.67. The summed E-state index contributed by atoms with van der Waals surface area (Å²) >= 11 is 0. The first-order valence-corrected chi connectivity index (χ1v) is 10.5.